The minimum atomic E-state index is -0.446. The maximum atomic E-state index is 12.6. The molecular formula is C20H20N2O3. The number of rotatable bonds is 3. The number of nitrogens with zero attached hydrogens (tertiary/aromatic N) is 2. The van der Waals surface area contributed by atoms with Crippen LogP contribution in [0.3, 0.4) is 0 Å². The standard InChI is InChI=1S/C20H20N2O3/c21-13-15-6-8-17(9-7-15)19-12-18(23)10-11-22(19)20(24)25-14-16-4-2-1-3-5-16/h1-9,18-19,23H,10-12,14H2. The Bertz CT molecular complexity index is 753. The highest BCUT2D eigenvalue weighted by molar-refractivity contribution is 5.68. The summed E-state index contributed by atoms with van der Waals surface area (Å²) in [5.74, 6) is 0. The van der Waals surface area contributed by atoms with Gasteiger partial charge < -0.3 is 14.7 Å². The van der Waals surface area contributed by atoms with Gasteiger partial charge in [-0.05, 0) is 36.1 Å². The van der Waals surface area contributed by atoms with Crippen LogP contribution in [0.4, 0.5) is 4.79 Å². The summed E-state index contributed by atoms with van der Waals surface area (Å²) < 4.78 is 5.45. The van der Waals surface area contributed by atoms with Gasteiger partial charge in [-0.1, -0.05) is 42.5 Å². The number of aliphatic hydroxyl groups excluding tert-OH is 1. The van der Waals surface area contributed by atoms with Crippen LogP contribution in [-0.4, -0.2) is 28.7 Å². The van der Waals surface area contributed by atoms with Crippen LogP contribution in [0.25, 0.3) is 0 Å². The summed E-state index contributed by atoms with van der Waals surface area (Å²) in [4.78, 5) is 14.2. The number of aliphatic hydroxyl groups is 1. The molecule has 0 bridgehead atoms. The van der Waals surface area contributed by atoms with E-state index in [1.165, 1.54) is 0 Å². The molecule has 0 aliphatic carbocycles. The third-order valence-corrected chi connectivity index (χ3v) is 4.44. The zero-order valence-corrected chi connectivity index (χ0v) is 13.8. The van der Waals surface area contributed by atoms with Gasteiger partial charge in [0.1, 0.15) is 6.61 Å². The van der Waals surface area contributed by atoms with Crippen LogP contribution in [-0.2, 0) is 11.3 Å². The second kappa shape index (κ2) is 7.82. The Balaban J connectivity index is 1.72. The number of ether oxygens (including phenoxy) is 1. The molecule has 1 N–H and O–H groups in total. The number of carbonyl (C=O) groups excluding carboxylic acids is 1. The molecule has 2 aromatic rings. The summed E-state index contributed by atoms with van der Waals surface area (Å²) in [6.45, 7) is 0.665. The van der Waals surface area contributed by atoms with Gasteiger partial charge >= 0.3 is 6.09 Å². The molecule has 1 saturated heterocycles. The number of hydrogen-bond acceptors (Lipinski definition) is 4. The van der Waals surface area contributed by atoms with E-state index >= 15 is 0 Å². The van der Waals surface area contributed by atoms with E-state index in [2.05, 4.69) is 6.07 Å². The number of hydrogen-bond donors (Lipinski definition) is 1. The molecule has 0 radical (unpaired) electrons. The van der Waals surface area contributed by atoms with Gasteiger partial charge in [0.2, 0.25) is 0 Å². The molecule has 25 heavy (non-hydrogen) atoms. The molecule has 1 amide bonds. The summed E-state index contributed by atoms with van der Waals surface area (Å²) in [7, 11) is 0. The van der Waals surface area contributed by atoms with Crippen LogP contribution in [0, 0.1) is 11.3 Å². The smallest absolute Gasteiger partial charge is 0.410 e. The van der Waals surface area contributed by atoms with Crippen LogP contribution < -0.4 is 0 Å². The maximum Gasteiger partial charge on any atom is 0.410 e. The van der Waals surface area contributed by atoms with Gasteiger partial charge in [-0.3, -0.25) is 0 Å². The number of benzene rings is 2. The number of carbonyl (C=O) groups is 1. The average Bonchev–Trinajstić information content (AvgIpc) is 2.67. The van der Waals surface area contributed by atoms with Gasteiger partial charge in [-0.25, -0.2) is 4.79 Å². The maximum absolute atomic E-state index is 12.6. The van der Waals surface area contributed by atoms with Crippen LogP contribution in [0.2, 0.25) is 0 Å². The Morgan fingerprint density at radius 1 is 1.20 bits per heavy atom. The van der Waals surface area contributed by atoms with E-state index in [0.717, 1.165) is 11.1 Å². The molecule has 1 aliphatic heterocycles. The highest BCUT2D eigenvalue weighted by Crippen LogP contribution is 2.32. The predicted octanol–water partition coefficient (Wildman–Crippen LogP) is 3.39. The van der Waals surface area contributed by atoms with Gasteiger partial charge in [0.05, 0.1) is 23.8 Å². The van der Waals surface area contributed by atoms with E-state index in [1.54, 1.807) is 17.0 Å². The molecular weight excluding hydrogens is 316 g/mol. The SMILES string of the molecule is N#Cc1ccc(C2CC(O)CCN2C(=O)OCc2ccccc2)cc1. The van der Waals surface area contributed by atoms with Crippen molar-refractivity contribution in [1.29, 1.82) is 5.26 Å². The third kappa shape index (κ3) is 4.17. The Hall–Kier alpha value is -2.84. The van der Waals surface area contributed by atoms with Crippen LogP contribution in [0.1, 0.15) is 35.6 Å². The molecule has 2 aromatic carbocycles. The first kappa shape index (κ1) is 17.0. The molecule has 3 rings (SSSR count). The van der Waals surface area contributed by atoms with Crippen molar-refractivity contribution < 1.29 is 14.6 Å². The molecule has 1 heterocycles. The molecule has 0 spiro atoms. The molecule has 2 atom stereocenters. The summed E-state index contributed by atoms with van der Waals surface area (Å²) in [6.07, 6.45) is 0.170. The first-order valence-corrected chi connectivity index (χ1v) is 8.33. The van der Waals surface area contributed by atoms with E-state index in [9.17, 15) is 9.90 Å². The van der Waals surface area contributed by atoms with Gasteiger partial charge in [0, 0.05) is 6.54 Å². The topological polar surface area (TPSA) is 73.6 Å². The molecule has 128 valence electrons. The fraction of sp³-hybridized carbons (Fsp3) is 0.300. The first-order valence-electron chi connectivity index (χ1n) is 8.33. The summed E-state index contributed by atoms with van der Waals surface area (Å²) in [5, 5.41) is 18.9. The third-order valence-electron chi connectivity index (χ3n) is 4.44. The molecule has 2 unspecified atom stereocenters. The van der Waals surface area contributed by atoms with Gasteiger partial charge in [-0.15, -0.1) is 0 Å². The molecule has 5 heteroatoms. The minimum Gasteiger partial charge on any atom is -0.445 e. The number of nitriles is 1. The van der Waals surface area contributed by atoms with Gasteiger partial charge in [-0.2, -0.15) is 5.26 Å². The molecule has 1 fully saturated rings. The van der Waals surface area contributed by atoms with Crippen molar-refractivity contribution in [2.75, 3.05) is 6.54 Å². The van der Waals surface area contributed by atoms with Crippen LogP contribution in [0.5, 0.6) is 0 Å². The second-order valence-electron chi connectivity index (χ2n) is 6.16. The zero-order chi connectivity index (χ0) is 17.6. The monoisotopic (exact) mass is 336 g/mol. The summed E-state index contributed by atoms with van der Waals surface area (Å²) >= 11 is 0. The molecule has 5 nitrogen and oxygen atoms in total. The largest absolute Gasteiger partial charge is 0.445 e. The zero-order valence-electron chi connectivity index (χ0n) is 13.8. The first-order chi connectivity index (χ1) is 12.2. The van der Waals surface area contributed by atoms with E-state index in [-0.39, 0.29) is 18.7 Å². The van der Waals surface area contributed by atoms with Gasteiger partial charge in [0.25, 0.3) is 0 Å². The lowest BCUT2D eigenvalue weighted by Crippen LogP contribution is -2.42. The number of piperidine rings is 1. The van der Waals surface area contributed by atoms with Crippen LogP contribution >= 0.6 is 0 Å². The molecule has 1 aliphatic rings. The fourth-order valence-corrected chi connectivity index (χ4v) is 3.06. The van der Waals surface area contributed by atoms with Crippen molar-refractivity contribution >= 4 is 6.09 Å². The number of likely N-dealkylation sites (tertiary alicyclic amines) is 1. The van der Waals surface area contributed by atoms with Crippen molar-refractivity contribution in [3.63, 3.8) is 0 Å². The van der Waals surface area contributed by atoms with Crippen LogP contribution in [0.15, 0.2) is 54.6 Å². The quantitative estimate of drug-likeness (QED) is 0.932. The van der Waals surface area contributed by atoms with E-state index in [4.69, 9.17) is 10.00 Å². The summed E-state index contributed by atoms with van der Waals surface area (Å²) in [5.41, 5.74) is 2.40. The summed E-state index contributed by atoms with van der Waals surface area (Å²) in [6, 6.07) is 18.5. The Kier molecular flexibility index (Phi) is 5.32. The molecule has 0 aromatic heterocycles. The van der Waals surface area contributed by atoms with Gasteiger partial charge in [0.15, 0.2) is 0 Å². The van der Waals surface area contributed by atoms with E-state index < -0.39 is 6.10 Å². The average molecular weight is 336 g/mol. The van der Waals surface area contributed by atoms with Crippen molar-refractivity contribution in [3.05, 3.63) is 71.3 Å². The fourth-order valence-electron chi connectivity index (χ4n) is 3.06. The highest BCUT2D eigenvalue weighted by Gasteiger charge is 2.32. The van der Waals surface area contributed by atoms with Crippen molar-refractivity contribution in [2.24, 2.45) is 0 Å². The van der Waals surface area contributed by atoms with E-state index in [1.807, 2.05) is 42.5 Å². The van der Waals surface area contributed by atoms with Crippen molar-refractivity contribution in [2.45, 2.75) is 31.6 Å². The predicted molar refractivity (Wildman–Crippen MR) is 92.5 cm³/mol. The van der Waals surface area contributed by atoms with Crippen molar-refractivity contribution in [3.8, 4) is 6.07 Å². The minimum absolute atomic E-state index is 0.221. The highest BCUT2D eigenvalue weighted by atomic mass is 16.6. The lowest BCUT2D eigenvalue weighted by Gasteiger charge is -2.37. The normalized spacial score (nSPS) is 19.9. The Labute approximate surface area is 147 Å². The Morgan fingerprint density at radius 3 is 2.60 bits per heavy atom. The second-order valence-corrected chi connectivity index (χ2v) is 6.16. The lowest BCUT2D eigenvalue weighted by molar-refractivity contribution is 0.0259. The Morgan fingerprint density at radius 2 is 1.92 bits per heavy atom. The van der Waals surface area contributed by atoms with E-state index in [0.29, 0.717) is 24.9 Å². The number of amides is 1. The lowest BCUT2D eigenvalue weighted by atomic mass is 9.93. The van der Waals surface area contributed by atoms with Crippen molar-refractivity contribution in [1.82, 2.24) is 4.90 Å². The molecule has 0 saturated carbocycles.